The smallest absolute Gasteiger partial charge is 0.240 e. The fourth-order valence-electron chi connectivity index (χ4n) is 1.26. The Morgan fingerprint density at radius 3 is 2.41 bits per heavy atom. The highest BCUT2D eigenvalue weighted by atomic mass is 32.2. The lowest BCUT2D eigenvalue weighted by Gasteiger charge is -2.08. The summed E-state index contributed by atoms with van der Waals surface area (Å²) in [6.07, 6.45) is 2.58. The highest BCUT2D eigenvalue weighted by Gasteiger charge is 2.13. The number of benzene rings is 1. The van der Waals surface area contributed by atoms with Crippen molar-refractivity contribution in [2.75, 3.05) is 12.8 Å². The zero-order valence-electron chi connectivity index (χ0n) is 10.0. The van der Waals surface area contributed by atoms with Crippen molar-refractivity contribution >= 4 is 21.8 Å². The molecule has 4 nitrogen and oxygen atoms in total. The van der Waals surface area contributed by atoms with Crippen LogP contribution in [0.3, 0.4) is 0 Å². The van der Waals surface area contributed by atoms with Crippen molar-refractivity contribution in [3.8, 4) is 0 Å². The molecule has 0 aliphatic carbocycles. The largest absolute Gasteiger partial charge is 0.328 e. The molecule has 17 heavy (non-hydrogen) atoms. The Morgan fingerprint density at radius 1 is 1.35 bits per heavy atom. The summed E-state index contributed by atoms with van der Waals surface area (Å²) in [5.41, 5.74) is 5.56. The molecule has 3 N–H and O–H groups in total. The van der Waals surface area contributed by atoms with E-state index in [0.717, 1.165) is 4.90 Å². The van der Waals surface area contributed by atoms with Crippen LogP contribution in [0.15, 0.2) is 34.1 Å². The molecular weight excluding hydrogens is 256 g/mol. The minimum Gasteiger partial charge on any atom is -0.328 e. The van der Waals surface area contributed by atoms with Crippen LogP contribution in [0.1, 0.15) is 13.3 Å². The Hall–Kier alpha value is -0.560. The number of thioether (sulfide) groups is 1. The maximum absolute atomic E-state index is 11.9. The predicted molar refractivity (Wildman–Crippen MR) is 71.7 cm³/mol. The topological polar surface area (TPSA) is 72.2 Å². The van der Waals surface area contributed by atoms with Crippen molar-refractivity contribution in [1.82, 2.24) is 4.72 Å². The summed E-state index contributed by atoms with van der Waals surface area (Å²) in [5.74, 6) is 0. The van der Waals surface area contributed by atoms with Crippen molar-refractivity contribution in [3.63, 3.8) is 0 Å². The van der Waals surface area contributed by atoms with Crippen molar-refractivity contribution in [2.24, 2.45) is 5.73 Å². The van der Waals surface area contributed by atoms with E-state index in [4.69, 9.17) is 5.73 Å². The van der Waals surface area contributed by atoms with Crippen LogP contribution in [-0.4, -0.2) is 27.3 Å². The first kappa shape index (κ1) is 14.5. The third kappa shape index (κ3) is 4.67. The molecule has 0 aliphatic rings. The normalized spacial score (nSPS) is 13.6. The number of rotatable bonds is 6. The highest BCUT2D eigenvalue weighted by Crippen LogP contribution is 2.17. The van der Waals surface area contributed by atoms with Crippen molar-refractivity contribution < 1.29 is 8.42 Å². The molecule has 96 valence electrons. The zero-order valence-corrected chi connectivity index (χ0v) is 11.6. The molecule has 0 unspecified atom stereocenters. The van der Waals surface area contributed by atoms with Crippen LogP contribution in [0.5, 0.6) is 0 Å². The molecule has 1 rings (SSSR count). The Kier molecular flexibility index (Phi) is 5.45. The summed E-state index contributed by atoms with van der Waals surface area (Å²) in [7, 11) is -3.40. The van der Waals surface area contributed by atoms with Gasteiger partial charge in [-0.05, 0) is 43.9 Å². The molecule has 0 aliphatic heterocycles. The van der Waals surface area contributed by atoms with E-state index in [1.807, 2.05) is 13.2 Å². The van der Waals surface area contributed by atoms with E-state index in [-0.39, 0.29) is 6.04 Å². The molecule has 0 fully saturated rings. The average molecular weight is 274 g/mol. The van der Waals surface area contributed by atoms with E-state index in [9.17, 15) is 8.42 Å². The van der Waals surface area contributed by atoms with Crippen LogP contribution in [-0.2, 0) is 10.0 Å². The third-order valence-electron chi connectivity index (χ3n) is 2.26. The van der Waals surface area contributed by atoms with Gasteiger partial charge in [0.1, 0.15) is 0 Å². The lowest BCUT2D eigenvalue weighted by atomic mass is 10.3. The first-order valence-corrected chi connectivity index (χ1v) is 8.06. The standard InChI is InChI=1S/C11H18N2O2S2/c1-9(12)7-8-13-17(14,15)11-5-3-10(16-2)4-6-11/h3-6,9,13H,7-8,12H2,1-2H3/t9-/m0/s1. The minimum atomic E-state index is -3.40. The van der Waals surface area contributed by atoms with E-state index < -0.39 is 10.0 Å². The lowest BCUT2D eigenvalue weighted by molar-refractivity contribution is 0.571. The van der Waals surface area contributed by atoms with Gasteiger partial charge in [-0.25, -0.2) is 13.1 Å². The van der Waals surface area contributed by atoms with Crippen molar-refractivity contribution in [2.45, 2.75) is 29.2 Å². The number of hydrogen-bond acceptors (Lipinski definition) is 4. The molecule has 0 radical (unpaired) electrons. The summed E-state index contributed by atoms with van der Waals surface area (Å²) in [6.45, 7) is 2.21. The number of hydrogen-bond donors (Lipinski definition) is 2. The van der Waals surface area contributed by atoms with Gasteiger partial charge in [-0.2, -0.15) is 0 Å². The monoisotopic (exact) mass is 274 g/mol. The summed E-state index contributed by atoms with van der Waals surface area (Å²) in [5, 5.41) is 0. The van der Waals surface area contributed by atoms with E-state index in [2.05, 4.69) is 4.72 Å². The van der Waals surface area contributed by atoms with Gasteiger partial charge < -0.3 is 5.73 Å². The van der Waals surface area contributed by atoms with Gasteiger partial charge in [0.2, 0.25) is 10.0 Å². The maximum atomic E-state index is 11.9. The Morgan fingerprint density at radius 2 is 1.94 bits per heavy atom. The number of sulfonamides is 1. The van der Waals surface area contributed by atoms with E-state index in [1.165, 1.54) is 0 Å². The van der Waals surface area contributed by atoms with Gasteiger partial charge in [0.25, 0.3) is 0 Å². The van der Waals surface area contributed by atoms with Crippen molar-refractivity contribution in [3.05, 3.63) is 24.3 Å². The summed E-state index contributed by atoms with van der Waals surface area (Å²) >= 11 is 1.58. The van der Waals surface area contributed by atoms with Gasteiger partial charge in [0.15, 0.2) is 0 Å². The van der Waals surface area contributed by atoms with Crippen LogP contribution in [0.25, 0.3) is 0 Å². The van der Waals surface area contributed by atoms with Gasteiger partial charge in [-0.15, -0.1) is 11.8 Å². The van der Waals surface area contributed by atoms with Crippen LogP contribution >= 0.6 is 11.8 Å². The molecule has 0 saturated carbocycles. The molecule has 1 aromatic carbocycles. The average Bonchev–Trinajstić information content (AvgIpc) is 2.28. The second-order valence-electron chi connectivity index (χ2n) is 3.84. The first-order valence-electron chi connectivity index (χ1n) is 5.35. The zero-order chi connectivity index (χ0) is 12.9. The quantitative estimate of drug-likeness (QED) is 0.770. The summed E-state index contributed by atoms with van der Waals surface area (Å²) < 4.78 is 26.2. The number of nitrogens with two attached hydrogens (primary N) is 1. The molecule has 0 amide bonds. The molecule has 0 spiro atoms. The first-order chi connectivity index (χ1) is 7.95. The molecule has 6 heteroatoms. The SMILES string of the molecule is CSc1ccc(S(=O)(=O)NCC[C@H](C)N)cc1. The fourth-order valence-corrected chi connectivity index (χ4v) is 2.72. The summed E-state index contributed by atoms with van der Waals surface area (Å²) in [6, 6.07) is 6.81. The van der Waals surface area contributed by atoms with Crippen LogP contribution in [0, 0.1) is 0 Å². The minimum absolute atomic E-state index is 0.00318. The van der Waals surface area contributed by atoms with E-state index >= 15 is 0 Å². The molecule has 0 bridgehead atoms. The molecular formula is C11H18N2O2S2. The van der Waals surface area contributed by atoms with E-state index in [1.54, 1.807) is 36.0 Å². The van der Waals surface area contributed by atoms with Crippen LogP contribution in [0.4, 0.5) is 0 Å². The lowest BCUT2D eigenvalue weighted by Crippen LogP contribution is -2.29. The van der Waals surface area contributed by atoms with Crippen LogP contribution in [0.2, 0.25) is 0 Å². The summed E-state index contributed by atoms with van der Waals surface area (Å²) in [4.78, 5) is 1.33. The van der Waals surface area contributed by atoms with Gasteiger partial charge >= 0.3 is 0 Å². The van der Waals surface area contributed by atoms with Gasteiger partial charge in [0.05, 0.1) is 4.90 Å². The molecule has 1 atom stereocenters. The fraction of sp³-hybridized carbons (Fsp3) is 0.455. The molecule has 0 heterocycles. The maximum Gasteiger partial charge on any atom is 0.240 e. The van der Waals surface area contributed by atoms with Crippen molar-refractivity contribution in [1.29, 1.82) is 0 Å². The predicted octanol–water partition coefficient (Wildman–Crippen LogP) is 1.42. The second kappa shape index (κ2) is 6.39. The van der Waals surface area contributed by atoms with Gasteiger partial charge in [-0.1, -0.05) is 0 Å². The van der Waals surface area contributed by atoms with Gasteiger partial charge in [0, 0.05) is 17.5 Å². The van der Waals surface area contributed by atoms with Crippen LogP contribution < -0.4 is 10.5 Å². The highest BCUT2D eigenvalue weighted by molar-refractivity contribution is 7.98. The Labute approximate surface area is 107 Å². The van der Waals surface area contributed by atoms with Gasteiger partial charge in [-0.3, -0.25) is 0 Å². The molecule has 1 aromatic rings. The molecule has 0 saturated heterocycles. The number of nitrogens with one attached hydrogen (secondary N) is 1. The van der Waals surface area contributed by atoms with E-state index in [0.29, 0.717) is 17.9 Å². The third-order valence-corrected chi connectivity index (χ3v) is 4.48. The molecule has 0 aromatic heterocycles. The Balaban J connectivity index is 2.68. The Bertz CT molecular complexity index is 441. The second-order valence-corrected chi connectivity index (χ2v) is 6.49.